The van der Waals surface area contributed by atoms with Gasteiger partial charge >= 0.3 is 0 Å². The zero-order valence-electron chi connectivity index (χ0n) is 5.10. The van der Waals surface area contributed by atoms with Crippen LogP contribution in [0.25, 0.3) is 0 Å². The van der Waals surface area contributed by atoms with Crippen molar-refractivity contribution in [2.75, 3.05) is 0 Å². The van der Waals surface area contributed by atoms with Crippen molar-refractivity contribution >= 4 is 11.6 Å². The molecule has 0 spiro atoms. The third-order valence-electron chi connectivity index (χ3n) is 0.793. The van der Waals surface area contributed by atoms with E-state index in [0.29, 0.717) is 0 Å². The van der Waals surface area contributed by atoms with Gasteiger partial charge in [-0.05, 0) is 13.3 Å². The highest BCUT2D eigenvalue weighted by atomic mass is 35.5. The van der Waals surface area contributed by atoms with Crippen LogP contribution < -0.4 is 0 Å². The number of hydrogen-bond acceptors (Lipinski definition) is 0. The summed E-state index contributed by atoms with van der Waals surface area (Å²) in [4.78, 5) is 0. The molecule has 0 aromatic rings. The first-order valence-corrected chi connectivity index (χ1v) is 3.12. The maximum atomic E-state index is 5.72. The van der Waals surface area contributed by atoms with E-state index >= 15 is 0 Å². The van der Waals surface area contributed by atoms with Gasteiger partial charge in [-0.15, -0.1) is 18.2 Å². The minimum absolute atomic E-state index is 0.137. The largest absolute Gasteiger partial charge is 0.118 e. The molecule has 0 saturated heterocycles. The SMILES string of the molecule is C=CCC(Cl)/C=C/C. The molecule has 1 heteroatoms. The van der Waals surface area contributed by atoms with Crippen molar-refractivity contribution in [1.82, 2.24) is 0 Å². The second-order valence-electron chi connectivity index (χ2n) is 1.57. The van der Waals surface area contributed by atoms with Gasteiger partial charge in [0.25, 0.3) is 0 Å². The lowest BCUT2D eigenvalue weighted by atomic mass is 10.3. The molecule has 0 nitrogen and oxygen atoms in total. The second kappa shape index (κ2) is 4.92. The maximum absolute atomic E-state index is 5.72. The molecule has 1 unspecified atom stereocenters. The summed E-state index contributed by atoms with van der Waals surface area (Å²) in [6, 6.07) is 0. The quantitative estimate of drug-likeness (QED) is 0.407. The first kappa shape index (κ1) is 7.77. The number of hydrogen-bond donors (Lipinski definition) is 0. The summed E-state index contributed by atoms with van der Waals surface area (Å²) in [5, 5.41) is 0.137. The molecule has 8 heavy (non-hydrogen) atoms. The number of rotatable bonds is 3. The highest BCUT2D eigenvalue weighted by Crippen LogP contribution is 2.02. The van der Waals surface area contributed by atoms with Crippen LogP contribution in [-0.4, -0.2) is 5.38 Å². The maximum Gasteiger partial charge on any atom is 0.0550 e. The van der Waals surface area contributed by atoms with Gasteiger partial charge in [-0.3, -0.25) is 0 Å². The van der Waals surface area contributed by atoms with Gasteiger partial charge in [0, 0.05) is 0 Å². The van der Waals surface area contributed by atoms with E-state index in [0.717, 1.165) is 6.42 Å². The van der Waals surface area contributed by atoms with Gasteiger partial charge in [-0.2, -0.15) is 0 Å². The van der Waals surface area contributed by atoms with Crippen LogP contribution in [0.4, 0.5) is 0 Å². The fourth-order valence-corrected chi connectivity index (χ4v) is 0.718. The van der Waals surface area contributed by atoms with Crippen LogP contribution >= 0.6 is 11.6 Å². The molecule has 0 aromatic carbocycles. The molecule has 46 valence electrons. The monoisotopic (exact) mass is 130 g/mol. The molecule has 0 fully saturated rings. The van der Waals surface area contributed by atoms with E-state index in [1.54, 1.807) is 0 Å². The first-order chi connectivity index (χ1) is 3.81. The van der Waals surface area contributed by atoms with Crippen LogP contribution in [0.15, 0.2) is 24.8 Å². The first-order valence-electron chi connectivity index (χ1n) is 2.69. The van der Waals surface area contributed by atoms with Crippen LogP contribution in [0.2, 0.25) is 0 Å². The molecule has 1 atom stereocenters. The average Bonchev–Trinajstić information content (AvgIpc) is 1.68. The standard InChI is InChI=1S/C7H11Cl/c1-3-5-7(8)6-4-2/h3-4,6-7H,1,5H2,2H3/b6-4+. The zero-order chi connectivity index (χ0) is 6.41. The molecule has 0 bridgehead atoms. The highest BCUT2D eigenvalue weighted by molar-refractivity contribution is 6.21. The molecule has 0 rings (SSSR count). The Morgan fingerprint density at radius 1 is 1.75 bits per heavy atom. The highest BCUT2D eigenvalue weighted by Gasteiger charge is 1.91. The van der Waals surface area contributed by atoms with Crippen molar-refractivity contribution in [3.63, 3.8) is 0 Å². The lowest BCUT2D eigenvalue weighted by Crippen LogP contribution is -1.87. The number of allylic oxidation sites excluding steroid dienone is 3. The van der Waals surface area contributed by atoms with Gasteiger partial charge in [-0.1, -0.05) is 18.2 Å². The van der Waals surface area contributed by atoms with E-state index in [1.807, 2.05) is 25.2 Å². The summed E-state index contributed by atoms with van der Waals surface area (Å²) in [7, 11) is 0. The topological polar surface area (TPSA) is 0 Å². The predicted molar refractivity (Wildman–Crippen MR) is 39.3 cm³/mol. The molecule has 0 amide bonds. The lowest BCUT2D eigenvalue weighted by molar-refractivity contribution is 1.06. The minimum atomic E-state index is 0.137. The van der Waals surface area contributed by atoms with Gasteiger partial charge in [0.05, 0.1) is 5.38 Å². The van der Waals surface area contributed by atoms with E-state index in [4.69, 9.17) is 11.6 Å². The Morgan fingerprint density at radius 2 is 2.38 bits per heavy atom. The van der Waals surface area contributed by atoms with Crippen molar-refractivity contribution in [2.24, 2.45) is 0 Å². The van der Waals surface area contributed by atoms with Crippen molar-refractivity contribution in [3.05, 3.63) is 24.8 Å². The molecular formula is C7H11Cl. The summed E-state index contributed by atoms with van der Waals surface area (Å²) in [5.41, 5.74) is 0. The third-order valence-corrected chi connectivity index (χ3v) is 1.12. The van der Waals surface area contributed by atoms with Gasteiger partial charge in [0.15, 0.2) is 0 Å². The Labute approximate surface area is 55.9 Å². The minimum Gasteiger partial charge on any atom is -0.118 e. The van der Waals surface area contributed by atoms with Gasteiger partial charge in [0.1, 0.15) is 0 Å². The lowest BCUT2D eigenvalue weighted by Gasteiger charge is -1.94. The molecule has 0 saturated carbocycles. The Morgan fingerprint density at radius 3 is 2.75 bits per heavy atom. The molecule has 0 aliphatic rings. The van der Waals surface area contributed by atoms with E-state index < -0.39 is 0 Å². The molecule has 0 N–H and O–H groups in total. The summed E-state index contributed by atoms with van der Waals surface area (Å²) >= 11 is 5.72. The molecule has 0 heterocycles. The Kier molecular flexibility index (Phi) is 4.78. The van der Waals surface area contributed by atoms with Crippen molar-refractivity contribution < 1.29 is 0 Å². The normalized spacial score (nSPS) is 14.2. The molecule has 0 aliphatic heterocycles. The van der Waals surface area contributed by atoms with Crippen molar-refractivity contribution in [1.29, 1.82) is 0 Å². The number of halogens is 1. The summed E-state index contributed by atoms with van der Waals surface area (Å²) in [6.07, 6.45) is 6.56. The third kappa shape index (κ3) is 3.94. The second-order valence-corrected chi connectivity index (χ2v) is 2.13. The number of alkyl halides is 1. The predicted octanol–water partition coefficient (Wildman–Crippen LogP) is 2.75. The average molecular weight is 131 g/mol. The van der Waals surface area contributed by atoms with E-state index in [9.17, 15) is 0 Å². The fourth-order valence-electron chi connectivity index (χ4n) is 0.447. The van der Waals surface area contributed by atoms with Gasteiger partial charge in [0.2, 0.25) is 0 Å². The molecule has 0 aromatic heterocycles. The van der Waals surface area contributed by atoms with Crippen LogP contribution in [0.3, 0.4) is 0 Å². The van der Waals surface area contributed by atoms with E-state index in [-0.39, 0.29) is 5.38 Å². The van der Waals surface area contributed by atoms with Crippen LogP contribution in [0.1, 0.15) is 13.3 Å². The van der Waals surface area contributed by atoms with Crippen LogP contribution in [0.5, 0.6) is 0 Å². The fraction of sp³-hybridized carbons (Fsp3) is 0.429. The van der Waals surface area contributed by atoms with Gasteiger partial charge in [-0.25, -0.2) is 0 Å². The summed E-state index contributed by atoms with van der Waals surface area (Å²) < 4.78 is 0. The summed E-state index contributed by atoms with van der Waals surface area (Å²) in [5.74, 6) is 0. The Balaban J connectivity index is 3.31. The van der Waals surface area contributed by atoms with Crippen molar-refractivity contribution in [3.8, 4) is 0 Å². The zero-order valence-corrected chi connectivity index (χ0v) is 5.86. The smallest absolute Gasteiger partial charge is 0.0550 e. The van der Waals surface area contributed by atoms with Crippen molar-refractivity contribution in [2.45, 2.75) is 18.7 Å². The molecule has 0 aliphatic carbocycles. The van der Waals surface area contributed by atoms with Crippen LogP contribution in [-0.2, 0) is 0 Å². The van der Waals surface area contributed by atoms with Crippen LogP contribution in [0, 0.1) is 0 Å². The molecular weight excluding hydrogens is 120 g/mol. The Bertz CT molecular complexity index is 84.4. The Hall–Kier alpha value is -0.230. The van der Waals surface area contributed by atoms with Gasteiger partial charge < -0.3 is 0 Å². The molecule has 0 radical (unpaired) electrons. The van der Waals surface area contributed by atoms with E-state index in [2.05, 4.69) is 6.58 Å². The van der Waals surface area contributed by atoms with E-state index in [1.165, 1.54) is 0 Å². The summed E-state index contributed by atoms with van der Waals surface area (Å²) in [6.45, 7) is 5.52.